The summed E-state index contributed by atoms with van der Waals surface area (Å²) in [6.45, 7) is 1.22. The Hall–Kier alpha value is -3.13. The van der Waals surface area contributed by atoms with Crippen LogP contribution in [0.15, 0.2) is 53.6 Å². The zero-order chi connectivity index (χ0) is 19.9. The highest BCUT2D eigenvalue weighted by Crippen LogP contribution is 2.19. The van der Waals surface area contributed by atoms with Gasteiger partial charge in [-0.1, -0.05) is 5.16 Å². The molecular formula is C21H23N5O3. The minimum Gasteiger partial charge on any atom is -0.379 e. The molecule has 1 fully saturated rings. The van der Waals surface area contributed by atoms with E-state index in [1.54, 1.807) is 24.8 Å². The van der Waals surface area contributed by atoms with E-state index in [0.717, 1.165) is 12.0 Å². The fraction of sp³-hybridized carbons (Fsp3) is 0.381. The second kappa shape index (κ2) is 9.38. The Kier molecular flexibility index (Phi) is 6.21. The average molecular weight is 393 g/mol. The summed E-state index contributed by atoms with van der Waals surface area (Å²) in [5.41, 5.74) is 2.06. The molecule has 8 heteroatoms. The maximum atomic E-state index is 12.4. The first-order chi connectivity index (χ1) is 14.3. The van der Waals surface area contributed by atoms with Gasteiger partial charge in [0.2, 0.25) is 17.6 Å². The van der Waals surface area contributed by atoms with E-state index in [4.69, 9.17) is 9.26 Å². The van der Waals surface area contributed by atoms with Gasteiger partial charge in [0.15, 0.2) is 0 Å². The second-order valence-corrected chi connectivity index (χ2v) is 7.13. The zero-order valence-corrected chi connectivity index (χ0v) is 16.0. The lowest BCUT2D eigenvalue weighted by Gasteiger charge is -2.19. The molecule has 1 N–H and O–H groups in total. The molecule has 0 saturated carbocycles. The summed E-state index contributed by atoms with van der Waals surface area (Å²) >= 11 is 0. The highest BCUT2D eigenvalue weighted by atomic mass is 16.5. The fourth-order valence-electron chi connectivity index (χ4n) is 3.43. The van der Waals surface area contributed by atoms with Crippen molar-refractivity contribution in [3.63, 3.8) is 0 Å². The van der Waals surface area contributed by atoms with Crippen LogP contribution in [0.3, 0.4) is 0 Å². The number of carbonyl (C=O) groups is 1. The van der Waals surface area contributed by atoms with Crippen LogP contribution in [0, 0.1) is 5.92 Å². The van der Waals surface area contributed by atoms with Crippen molar-refractivity contribution in [3.05, 3.63) is 60.5 Å². The van der Waals surface area contributed by atoms with E-state index in [1.807, 2.05) is 24.3 Å². The molecule has 3 aromatic rings. The Labute approximate surface area is 168 Å². The van der Waals surface area contributed by atoms with Gasteiger partial charge in [-0.2, -0.15) is 4.98 Å². The minimum absolute atomic E-state index is 0.0223. The summed E-state index contributed by atoms with van der Waals surface area (Å²) in [5, 5.41) is 7.10. The number of carbonyl (C=O) groups excluding carboxylic acids is 1. The van der Waals surface area contributed by atoms with Crippen LogP contribution in [0.1, 0.15) is 24.3 Å². The predicted octanol–water partition coefficient (Wildman–Crippen LogP) is 2.22. The Morgan fingerprint density at radius 3 is 2.62 bits per heavy atom. The standard InChI is InChI=1S/C21H23N5O3/c27-19(24-18-14-28-13-17(18)12-15-4-8-22-9-5-15)2-1-3-20-25-21(26-29-20)16-6-10-23-11-7-16/h4-11,17-18H,1-3,12-14H2,(H,24,27)/t17-,18+/m1/s1. The number of hydrogen-bond acceptors (Lipinski definition) is 7. The highest BCUT2D eigenvalue weighted by Gasteiger charge is 2.29. The molecule has 0 spiro atoms. The molecule has 4 rings (SSSR count). The monoisotopic (exact) mass is 393 g/mol. The van der Waals surface area contributed by atoms with Gasteiger partial charge in [0.05, 0.1) is 19.3 Å². The second-order valence-electron chi connectivity index (χ2n) is 7.13. The van der Waals surface area contributed by atoms with Crippen molar-refractivity contribution in [2.45, 2.75) is 31.7 Å². The molecule has 0 bridgehead atoms. The van der Waals surface area contributed by atoms with Crippen LogP contribution in [0.4, 0.5) is 0 Å². The van der Waals surface area contributed by atoms with E-state index in [0.29, 0.717) is 44.2 Å². The smallest absolute Gasteiger partial charge is 0.226 e. The van der Waals surface area contributed by atoms with Crippen molar-refractivity contribution < 1.29 is 14.1 Å². The lowest BCUT2D eigenvalue weighted by atomic mass is 9.95. The molecule has 1 aliphatic heterocycles. The normalized spacial score (nSPS) is 18.6. The molecule has 0 aromatic carbocycles. The average Bonchev–Trinajstić information content (AvgIpc) is 3.39. The lowest BCUT2D eigenvalue weighted by Crippen LogP contribution is -2.40. The van der Waals surface area contributed by atoms with Crippen LogP contribution in [0.5, 0.6) is 0 Å². The Morgan fingerprint density at radius 1 is 1.07 bits per heavy atom. The van der Waals surface area contributed by atoms with E-state index >= 15 is 0 Å². The van der Waals surface area contributed by atoms with Crippen LogP contribution in [0.25, 0.3) is 11.4 Å². The number of nitrogens with one attached hydrogen (secondary N) is 1. The molecule has 4 heterocycles. The van der Waals surface area contributed by atoms with Gasteiger partial charge in [-0.15, -0.1) is 0 Å². The molecule has 0 aliphatic carbocycles. The molecule has 1 saturated heterocycles. The first-order valence-corrected chi connectivity index (χ1v) is 9.77. The Bertz CT molecular complexity index is 916. The summed E-state index contributed by atoms with van der Waals surface area (Å²) in [5.74, 6) is 1.37. The van der Waals surface area contributed by atoms with Crippen molar-refractivity contribution in [2.24, 2.45) is 5.92 Å². The molecule has 0 radical (unpaired) electrons. The van der Waals surface area contributed by atoms with Gasteiger partial charge < -0.3 is 14.6 Å². The summed E-state index contributed by atoms with van der Waals surface area (Å²) < 4.78 is 10.9. The third kappa shape index (κ3) is 5.23. The summed E-state index contributed by atoms with van der Waals surface area (Å²) in [6.07, 6.45) is 9.43. The number of hydrogen-bond donors (Lipinski definition) is 1. The minimum atomic E-state index is 0.0223. The van der Waals surface area contributed by atoms with Gasteiger partial charge in [-0.25, -0.2) is 0 Å². The van der Waals surface area contributed by atoms with Crippen molar-refractivity contribution in [1.29, 1.82) is 0 Å². The van der Waals surface area contributed by atoms with Crippen molar-refractivity contribution in [2.75, 3.05) is 13.2 Å². The van der Waals surface area contributed by atoms with E-state index in [1.165, 1.54) is 5.56 Å². The molecule has 8 nitrogen and oxygen atoms in total. The molecule has 29 heavy (non-hydrogen) atoms. The topological polar surface area (TPSA) is 103 Å². The number of amides is 1. The molecule has 1 aliphatic rings. The van der Waals surface area contributed by atoms with Crippen LogP contribution in [-0.2, 0) is 22.4 Å². The number of rotatable bonds is 8. The van der Waals surface area contributed by atoms with E-state index in [9.17, 15) is 4.79 Å². The molecular weight excluding hydrogens is 370 g/mol. The van der Waals surface area contributed by atoms with Crippen molar-refractivity contribution in [1.82, 2.24) is 25.4 Å². The van der Waals surface area contributed by atoms with Gasteiger partial charge >= 0.3 is 0 Å². The maximum Gasteiger partial charge on any atom is 0.226 e. The van der Waals surface area contributed by atoms with Gasteiger partial charge in [0.1, 0.15) is 0 Å². The predicted molar refractivity (Wildman–Crippen MR) is 105 cm³/mol. The zero-order valence-electron chi connectivity index (χ0n) is 16.0. The van der Waals surface area contributed by atoms with Gasteiger partial charge in [-0.05, 0) is 42.7 Å². The first kappa shape index (κ1) is 19.2. The molecule has 3 aromatic heterocycles. The number of ether oxygens (including phenoxy) is 1. The van der Waals surface area contributed by atoms with Crippen LogP contribution < -0.4 is 5.32 Å². The third-order valence-electron chi connectivity index (χ3n) is 4.99. The maximum absolute atomic E-state index is 12.4. The van der Waals surface area contributed by atoms with Gasteiger partial charge in [0.25, 0.3) is 0 Å². The lowest BCUT2D eigenvalue weighted by molar-refractivity contribution is -0.122. The molecule has 2 atom stereocenters. The van der Waals surface area contributed by atoms with Crippen LogP contribution >= 0.6 is 0 Å². The van der Waals surface area contributed by atoms with Gasteiger partial charge in [-0.3, -0.25) is 14.8 Å². The summed E-state index contributed by atoms with van der Waals surface area (Å²) in [6, 6.07) is 7.70. The Balaban J connectivity index is 1.22. The molecule has 150 valence electrons. The van der Waals surface area contributed by atoms with E-state index < -0.39 is 0 Å². The van der Waals surface area contributed by atoms with E-state index in [-0.39, 0.29) is 17.9 Å². The molecule has 0 unspecified atom stereocenters. The highest BCUT2D eigenvalue weighted by molar-refractivity contribution is 5.76. The molecule has 1 amide bonds. The van der Waals surface area contributed by atoms with E-state index in [2.05, 4.69) is 25.4 Å². The summed E-state index contributed by atoms with van der Waals surface area (Å²) in [4.78, 5) is 24.8. The number of aryl methyl sites for hydroxylation is 1. The quantitative estimate of drug-likeness (QED) is 0.626. The number of aromatic nitrogens is 4. The Morgan fingerprint density at radius 2 is 1.83 bits per heavy atom. The summed E-state index contributed by atoms with van der Waals surface area (Å²) in [7, 11) is 0. The van der Waals surface area contributed by atoms with Crippen molar-refractivity contribution in [3.8, 4) is 11.4 Å². The third-order valence-corrected chi connectivity index (χ3v) is 4.99. The fourth-order valence-corrected chi connectivity index (χ4v) is 3.43. The number of pyridine rings is 2. The van der Waals surface area contributed by atoms with Gasteiger partial charge in [0, 0.05) is 49.1 Å². The first-order valence-electron chi connectivity index (χ1n) is 9.77. The van der Waals surface area contributed by atoms with Crippen LogP contribution in [-0.4, -0.2) is 45.3 Å². The number of nitrogens with zero attached hydrogens (tertiary/aromatic N) is 4. The van der Waals surface area contributed by atoms with Crippen LogP contribution in [0.2, 0.25) is 0 Å². The largest absolute Gasteiger partial charge is 0.379 e. The SMILES string of the molecule is O=C(CCCc1nc(-c2ccncc2)no1)N[C@H]1COC[C@H]1Cc1ccncc1. The van der Waals surface area contributed by atoms with Crippen molar-refractivity contribution >= 4 is 5.91 Å².